The Morgan fingerprint density at radius 3 is 2.56 bits per heavy atom. The van der Waals surface area contributed by atoms with E-state index in [0.717, 1.165) is 25.7 Å². The highest BCUT2D eigenvalue weighted by molar-refractivity contribution is 7.91. The third-order valence-electron chi connectivity index (χ3n) is 12.4. The molecule has 5 aliphatic rings. The summed E-state index contributed by atoms with van der Waals surface area (Å²) in [5, 5.41) is 4.95. The van der Waals surface area contributed by atoms with Gasteiger partial charge in [0, 0.05) is 17.9 Å². The van der Waals surface area contributed by atoms with E-state index in [9.17, 15) is 36.4 Å². The van der Waals surface area contributed by atoms with Crippen molar-refractivity contribution in [3.8, 4) is 11.6 Å². The van der Waals surface area contributed by atoms with E-state index < -0.39 is 93.1 Å². The second-order valence-corrected chi connectivity index (χ2v) is 18.2. The van der Waals surface area contributed by atoms with Crippen molar-refractivity contribution < 1.29 is 50.6 Å². The molecule has 4 amide bonds. The molecular formula is C37H48F2N6O9S. The molecule has 1 aromatic carbocycles. The lowest BCUT2D eigenvalue weighted by molar-refractivity contribution is -0.140. The van der Waals surface area contributed by atoms with Gasteiger partial charge in [-0.2, -0.15) is 0 Å². The van der Waals surface area contributed by atoms with Crippen LogP contribution in [-0.2, 0) is 35.6 Å². The normalized spacial score (nSPS) is 31.8. The van der Waals surface area contributed by atoms with E-state index in [2.05, 4.69) is 10.6 Å². The number of ether oxygens (including phenoxy) is 3. The number of alkyl halides is 2. The number of fused-ring (bicyclic) bond motifs is 5. The van der Waals surface area contributed by atoms with Gasteiger partial charge in [0.2, 0.25) is 34.1 Å². The zero-order valence-corrected chi connectivity index (χ0v) is 32.2. The van der Waals surface area contributed by atoms with E-state index in [1.807, 2.05) is 11.6 Å². The first-order chi connectivity index (χ1) is 26.0. The van der Waals surface area contributed by atoms with E-state index >= 15 is 0 Å². The molecule has 3 N–H and O–H groups in total. The number of hydrogen-bond donors (Lipinski definition) is 3. The van der Waals surface area contributed by atoms with Crippen molar-refractivity contribution in [2.75, 3.05) is 20.2 Å². The third-order valence-corrected chi connectivity index (χ3v) is 14.5. The molecule has 1 saturated heterocycles. The maximum Gasteiger partial charge on any atom is 0.408 e. The molecule has 15 nitrogen and oxygen atoms in total. The molecule has 3 saturated carbocycles. The number of sulfonamides is 1. The van der Waals surface area contributed by atoms with Crippen LogP contribution in [0.2, 0.25) is 0 Å². The van der Waals surface area contributed by atoms with Gasteiger partial charge in [0.1, 0.15) is 41.3 Å². The summed E-state index contributed by atoms with van der Waals surface area (Å²) in [4.78, 5) is 65.4. The number of benzene rings is 1. The molecule has 3 aliphatic carbocycles. The Kier molecular flexibility index (Phi) is 10.1. The van der Waals surface area contributed by atoms with Crippen LogP contribution < -0.4 is 24.8 Å². The zero-order valence-electron chi connectivity index (χ0n) is 31.4. The lowest BCUT2D eigenvalue weighted by Crippen LogP contribution is -2.59. The maximum atomic E-state index is 14.3. The van der Waals surface area contributed by atoms with Gasteiger partial charge in [-0.05, 0) is 70.4 Å². The highest BCUT2D eigenvalue weighted by Gasteiger charge is 2.67. The Hall–Kier alpha value is -4.35. The first-order valence-corrected chi connectivity index (χ1v) is 20.5. The predicted molar refractivity (Wildman–Crippen MR) is 193 cm³/mol. The SMILES string of the molecule is CC[C@@]12C[C@H]1CCCCCc1nc3ccc(OC)cc3nc1O[C@H]1CN(C(=O)CNC(=O)O2)[C@H](C(=O)N[C@]2(C(=O)NS(=O)(=O)C3(C)CC3)C[C@H]2C(F)F)[C@@H]1C. The molecule has 55 heavy (non-hydrogen) atoms. The summed E-state index contributed by atoms with van der Waals surface area (Å²) >= 11 is 0. The van der Waals surface area contributed by atoms with Gasteiger partial charge in [0.15, 0.2) is 0 Å². The van der Waals surface area contributed by atoms with Crippen molar-refractivity contribution in [3.05, 3.63) is 23.9 Å². The van der Waals surface area contributed by atoms with Crippen LogP contribution >= 0.6 is 0 Å². The number of aryl methyl sites for hydroxylation is 1. The molecule has 0 unspecified atom stereocenters. The van der Waals surface area contributed by atoms with E-state index in [1.54, 1.807) is 25.1 Å². The van der Waals surface area contributed by atoms with Crippen LogP contribution in [0, 0.1) is 17.8 Å². The van der Waals surface area contributed by atoms with Gasteiger partial charge in [-0.1, -0.05) is 26.7 Å². The molecular weight excluding hydrogens is 743 g/mol. The lowest BCUT2D eigenvalue weighted by Gasteiger charge is -2.28. The molecule has 0 spiro atoms. The Labute approximate surface area is 318 Å². The standard InChI is InChI=1S/C37H48F2N6O9S/c1-5-36-16-21(36)9-7-6-8-10-25-32(42-26-15-22(52-4)11-12-24(26)41-25)53-27-19-45(28(46)18-40-34(49)54-36)29(20(27)2)31(47)43-37(17-23(37)30(38)39)33(48)44-55(50,51)35(3)13-14-35/h11-12,15,20-21,23,27,29-30H,5-10,13-14,16-19H2,1-4H3,(H,40,49)(H,43,47)(H,44,48)/t20-,21-,23+,27+,29+,36-,37-/m1/s1. The summed E-state index contributed by atoms with van der Waals surface area (Å²) in [6.45, 7) is 4.32. The number of rotatable bonds is 8. The number of nitrogens with zero attached hydrogens (tertiary/aromatic N) is 3. The average Bonchev–Trinajstić information content (AvgIpc) is 4.09. The molecule has 2 bridgehead atoms. The van der Waals surface area contributed by atoms with Crippen molar-refractivity contribution >= 4 is 44.9 Å². The van der Waals surface area contributed by atoms with Crippen LogP contribution in [0.4, 0.5) is 13.6 Å². The van der Waals surface area contributed by atoms with Crippen LogP contribution in [0.15, 0.2) is 18.2 Å². The topological polar surface area (TPSA) is 195 Å². The van der Waals surface area contributed by atoms with Crippen molar-refractivity contribution in [1.82, 2.24) is 30.2 Å². The Bertz CT molecular complexity index is 2000. The monoisotopic (exact) mass is 790 g/mol. The minimum atomic E-state index is -4.22. The second-order valence-electron chi connectivity index (χ2n) is 16.0. The number of amides is 4. The van der Waals surface area contributed by atoms with Crippen LogP contribution in [0.5, 0.6) is 11.6 Å². The van der Waals surface area contributed by atoms with Gasteiger partial charge in [0.05, 0.1) is 35.4 Å². The molecule has 1 aromatic heterocycles. The minimum absolute atomic E-state index is 0.169. The van der Waals surface area contributed by atoms with E-state index in [1.165, 1.54) is 18.9 Å². The van der Waals surface area contributed by atoms with E-state index in [-0.39, 0.29) is 18.3 Å². The van der Waals surface area contributed by atoms with Crippen molar-refractivity contribution in [2.24, 2.45) is 17.8 Å². The number of methoxy groups -OCH3 is 1. The van der Waals surface area contributed by atoms with Gasteiger partial charge in [0.25, 0.3) is 5.91 Å². The average molecular weight is 791 g/mol. The molecule has 18 heteroatoms. The third kappa shape index (κ3) is 7.37. The highest BCUT2D eigenvalue weighted by atomic mass is 32.2. The Morgan fingerprint density at radius 2 is 1.89 bits per heavy atom. The van der Waals surface area contributed by atoms with E-state index in [4.69, 9.17) is 24.2 Å². The van der Waals surface area contributed by atoms with E-state index in [0.29, 0.717) is 54.6 Å². The number of alkyl carbamates (subject to hydrolysis) is 1. The molecule has 7 rings (SSSR count). The summed E-state index contributed by atoms with van der Waals surface area (Å²) in [6, 6.07) is 3.92. The fraction of sp³-hybridized carbons (Fsp3) is 0.676. The van der Waals surface area contributed by atoms with Crippen LogP contribution in [0.25, 0.3) is 11.0 Å². The molecule has 300 valence electrons. The van der Waals surface area contributed by atoms with Gasteiger partial charge >= 0.3 is 6.09 Å². The molecule has 2 aliphatic heterocycles. The molecule has 7 atom stereocenters. The molecule has 3 heterocycles. The lowest BCUT2D eigenvalue weighted by atomic mass is 9.98. The number of nitrogens with one attached hydrogen (secondary N) is 3. The maximum absolute atomic E-state index is 14.3. The Balaban J connectivity index is 1.20. The highest BCUT2D eigenvalue weighted by Crippen LogP contribution is 2.52. The van der Waals surface area contributed by atoms with Crippen molar-refractivity contribution in [3.63, 3.8) is 0 Å². The summed E-state index contributed by atoms with van der Waals surface area (Å²) in [5.74, 6) is -4.41. The number of hydrogen-bond acceptors (Lipinski definition) is 11. The molecule has 2 aromatic rings. The van der Waals surface area contributed by atoms with Crippen LogP contribution in [0.3, 0.4) is 0 Å². The smallest absolute Gasteiger partial charge is 0.408 e. The summed E-state index contributed by atoms with van der Waals surface area (Å²) in [7, 11) is -2.69. The zero-order chi connectivity index (χ0) is 39.5. The van der Waals surface area contributed by atoms with Crippen molar-refractivity contribution in [1.29, 1.82) is 0 Å². The number of carbonyl (C=O) groups excluding carboxylic acids is 4. The fourth-order valence-corrected chi connectivity index (χ4v) is 9.45. The summed E-state index contributed by atoms with van der Waals surface area (Å²) in [6.07, 6.45) is 0.662. The van der Waals surface area contributed by atoms with Gasteiger partial charge in [-0.15, -0.1) is 0 Å². The number of halogens is 2. The van der Waals surface area contributed by atoms with Gasteiger partial charge in [-0.3, -0.25) is 19.1 Å². The van der Waals surface area contributed by atoms with Crippen LogP contribution in [-0.4, -0.2) is 102 Å². The first kappa shape index (κ1) is 38.9. The molecule has 0 radical (unpaired) electrons. The quantitative estimate of drug-likeness (QED) is 0.355. The van der Waals surface area contributed by atoms with Crippen LogP contribution in [0.1, 0.15) is 84.3 Å². The number of aromatic nitrogens is 2. The largest absolute Gasteiger partial charge is 0.497 e. The number of carbonyl (C=O) groups is 4. The Morgan fingerprint density at radius 1 is 1.13 bits per heavy atom. The van der Waals surface area contributed by atoms with Gasteiger partial charge < -0.3 is 29.7 Å². The molecule has 4 fully saturated rings. The second kappa shape index (κ2) is 14.3. The summed E-state index contributed by atoms with van der Waals surface area (Å²) in [5.41, 5.74) is -1.14. The summed E-state index contributed by atoms with van der Waals surface area (Å²) < 4.78 is 72.6. The van der Waals surface area contributed by atoms with Gasteiger partial charge in [-0.25, -0.2) is 32.0 Å². The fourth-order valence-electron chi connectivity index (χ4n) is 8.14. The first-order valence-electron chi connectivity index (χ1n) is 19.0. The minimum Gasteiger partial charge on any atom is -0.497 e. The predicted octanol–water partition coefficient (Wildman–Crippen LogP) is 3.38. The van der Waals surface area contributed by atoms with Crippen molar-refractivity contribution in [2.45, 2.75) is 119 Å².